The average Bonchev–Trinajstić information content (AvgIpc) is 2.67. The molecule has 1 aliphatic rings. The van der Waals surface area contributed by atoms with Crippen LogP contribution in [0.3, 0.4) is 0 Å². The molecule has 1 aromatic carbocycles. The van der Waals surface area contributed by atoms with Crippen LogP contribution >= 0.6 is 0 Å². The lowest BCUT2D eigenvalue weighted by molar-refractivity contribution is -0.137. The summed E-state index contributed by atoms with van der Waals surface area (Å²) < 4.78 is 38.7. The number of β-amino-alcohol motifs (C(OH)–C–C–N with tert-alkyl or cyclic N) is 1. The van der Waals surface area contributed by atoms with E-state index in [0.717, 1.165) is 31.9 Å². The predicted molar refractivity (Wildman–Crippen MR) is 104 cm³/mol. The summed E-state index contributed by atoms with van der Waals surface area (Å²) in [5.74, 6) is 0.0708. The second kappa shape index (κ2) is 8.96. The molecule has 1 saturated heterocycles. The number of nitrogens with zero attached hydrogens (tertiary/aromatic N) is 3. The van der Waals surface area contributed by atoms with Crippen LogP contribution in [0.5, 0.6) is 5.75 Å². The highest BCUT2D eigenvalue weighted by Crippen LogP contribution is 2.38. The zero-order valence-corrected chi connectivity index (χ0v) is 16.2. The van der Waals surface area contributed by atoms with Crippen LogP contribution < -0.4 is 5.32 Å². The van der Waals surface area contributed by atoms with Crippen molar-refractivity contribution in [2.75, 3.05) is 31.6 Å². The van der Waals surface area contributed by atoms with Crippen LogP contribution in [-0.2, 0) is 6.18 Å². The number of rotatable bonds is 6. The van der Waals surface area contributed by atoms with Crippen LogP contribution in [0, 0.1) is 6.92 Å². The minimum atomic E-state index is -4.52. The van der Waals surface area contributed by atoms with Gasteiger partial charge in [-0.3, -0.25) is 4.90 Å². The summed E-state index contributed by atoms with van der Waals surface area (Å²) >= 11 is 0. The lowest BCUT2D eigenvalue weighted by Gasteiger charge is -2.35. The maximum atomic E-state index is 12.9. The number of benzene rings is 1. The summed E-state index contributed by atoms with van der Waals surface area (Å²) in [7, 11) is 0. The molecular formula is C20H25F3N4O2. The molecule has 3 rings (SSSR count). The Hall–Kier alpha value is -2.39. The van der Waals surface area contributed by atoms with Gasteiger partial charge in [0, 0.05) is 24.7 Å². The van der Waals surface area contributed by atoms with E-state index >= 15 is 0 Å². The summed E-state index contributed by atoms with van der Waals surface area (Å²) in [5, 5.41) is 30.7. The fourth-order valence-electron chi connectivity index (χ4n) is 3.76. The van der Waals surface area contributed by atoms with Crippen LogP contribution in [0.1, 0.15) is 30.4 Å². The number of piperidine rings is 1. The van der Waals surface area contributed by atoms with Gasteiger partial charge in [-0.25, -0.2) is 0 Å². The highest BCUT2D eigenvalue weighted by Gasteiger charge is 2.32. The zero-order valence-electron chi connectivity index (χ0n) is 16.2. The Balaban J connectivity index is 1.70. The molecule has 2 aromatic rings. The van der Waals surface area contributed by atoms with Gasteiger partial charge in [0.1, 0.15) is 11.6 Å². The van der Waals surface area contributed by atoms with Crippen LogP contribution in [0.4, 0.5) is 19.0 Å². The number of halogens is 3. The van der Waals surface area contributed by atoms with Crippen molar-refractivity contribution in [2.45, 2.75) is 38.4 Å². The molecule has 29 heavy (non-hydrogen) atoms. The highest BCUT2D eigenvalue weighted by molar-refractivity contribution is 5.71. The first kappa shape index (κ1) is 21.3. The molecule has 1 fully saturated rings. The van der Waals surface area contributed by atoms with Crippen LogP contribution in [0.2, 0.25) is 0 Å². The number of aromatic nitrogens is 2. The fourth-order valence-corrected chi connectivity index (χ4v) is 3.76. The molecule has 0 unspecified atom stereocenters. The zero-order chi connectivity index (χ0) is 21.0. The van der Waals surface area contributed by atoms with Gasteiger partial charge in [0.2, 0.25) is 0 Å². The molecule has 1 aliphatic heterocycles. The first-order chi connectivity index (χ1) is 13.8. The lowest BCUT2D eigenvalue weighted by Crippen LogP contribution is -2.44. The van der Waals surface area contributed by atoms with Gasteiger partial charge in [0.15, 0.2) is 0 Å². The number of alkyl halides is 3. The summed E-state index contributed by atoms with van der Waals surface area (Å²) in [6.45, 7) is 3.89. The largest absolute Gasteiger partial charge is 0.507 e. The molecule has 1 aromatic heterocycles. The summed E-state index contributed by atoms with van der Waals surface area (Å²) in [4.78, 5) is 2.25. The molecule has 0 aliphatic carbocycles. The van der Waals surface area contributed by atoms with Gasteiger partial charge < -0.3 is 15.5 Å². The molecule has 3 N–H and O–H groups in total. The number of anilines is 1. The minimum Gasteiger partial charge on any atom is -0.507 e. The van der Waals surface area contributed by atoms with Crippen molar-refractivity contribution in [1.82, 2.24) is 15.1 Å². The van der Waals surface area contributed by atoms with Crippen molar-refractivity contribution >= 4 is 5.82 Å². The lowest BCUT2D eigenvalue weighted by atomic mass is 10.0. The molecule has 0 amide bonds. The van der Waals surface area contributed by atoms with Crippen molar-refractivity contribution in [1.29, 1.82) is 0 Å². The molecule has 1 atom stereocenters. The highest BCUT2D eigenvalue weighted by atomic mass is 19.4. The SMILES string of the molecule is Cc1cc(C(F)(F)F)cc(O)c1-c1ccc(NC[C@H]2CCCCN2CCO)nn1. The van der Waals surface area contributed by atoms with E-state index in [1.807, 2.05) is 0 Å². The number of phenolic OH excluding ortho intramolecular Hbond substituents is 1. The monoisotopic (exact) mass is 410 g/mol. The van der Waals surface area contributed by atoms with E-state index in [1.165, 1.54) is 6.92 Å². The molecular weight excluding hydrogens is 385 g/mol. The van der Waals surface area contributed by atoms with E-state index in [0.29, 0.717) is 36.7 Å². The number of hydrogen-bond donors (Lipinski definition) is 3. The molecule has 0 radical (unpaired) electrons. The number of likely N-dealkylation sites (tertiary alicyclic amines) is 1. The molecule has 0 saturated carbocycles. The van der Waals surface area contributed by atoms with Gasteiger partial charge >= 0.3 is 6.18 Å². The Kier molecular flexibility index (Phi) is 6.59. The van der Waals surface area contributed by atoms with Crippen LogP contribution in [0.15, 0.2) is 24.3 Å². The summed E-state index contributed by atoms with van der Waals surface area (Å²) in [5.41, 5.74) is -0.0890. The third-order valence-electron chi connectivity index (χ3n) is 5.22. The first-order valence-corrected chi connectivity index (χ1v) is 9.63. The van der Waals surface area contributed by atoms with Gasteiger partial charge in [-0.2, -0.15) is 13.2 Å². The van der Waals surface area contributed by atoms with Crippen molar-refractivity contribution in [3.63, 3.8) is 0 Å². The number of aliphatic hydroxyl groups excluding tert-OH is 1. The second-order valence-corrected chi connectivity index (χ2v) is 7.28. The number of aromatic hydroxyl groups is 1. The Morgan fingerprint density at radius 2 is 2.00 bits per heavy atom. The maximum absolute atomic E-state index is 12.9. The van der Waals surface area contributed by atoms with Gasteiger partial charge in [0.05, 0.1) is 17.9 Å². The van der Waals surface area contributed by atoms with E-state index in [2.05, 4.69) is 20.4 Å². The van der Waals surface area contributed by atoms with E-state index in [-0.39, 0.29) is 17.7 Å². The third kappa shape index (κ3) is 5.16. The van der Waals surface area contributed by atoms with E-state index in [4.69, 9.17) is 0 Å². The van der Waals surface area contributed by atoms with Gasteiger partial charge in [0.25, 0.3) is 0 Å². The second-order valence-electron chi connectivity index (χ2n) is 7.28. The minimum absolute atomic E-state index is 0.126. The topological polar surface area (TPSA) is 81.5 Å². The summed E-state index contributed by atoms with van der Waals surface area (Å²) in [6, 6.07) is 5.31. The standard InChI is InChI=1S/C20H25F3N4O2/c1-13-10-14(20(21,22)23)11-17(29)19(13)16-5-6-18(26-25-16)24-12-15-4-2-3-7-27(15)8-9-28/h5-6,10-11,15,28-29H,2-4,7-9,12H2,1H3,(H,24,26)/t15-/m1/s1. The van der Waals surface area contributed by atoms with E-state index < -0.39 is 17.5 Å². The smallest absolute Gasteiger partial charge is 0.416 e. The van der Waals surface area contributed by atoms with Gasteiger partial charge in [-0.1, -0.05) is 6.42 Å². The fraction of sp³-hybridized carbons (Fsp3) is 0.500. The predicted octanol–water partition coefficient (Wildman–Crippen LogP) is 3.44. The normalized spacial score (nSPS) is 18.0. The number of phenols is 1. The van der Waals surface area contributed by atoms with Crippen molar-refractivity contribution in [2.24, 2.45) is 0 Å². The number of aliphatic hydroxyl groups is 1. The number of hydrogen-bond acceptors (Lipinski definition) is 6. The van der Waals surface area contributed by atoms with E-state index in [1.54, 1.807) is 12.1 Å². The molecule has 9 heteroatoms. The Labute approximate surface area is 167 Å². The summed E-state index contributed by atoms with van der Waals surface area (Å²) in [6.07, 6.45) is -1.22. The molecule has 6 nitrogen and oxygen atoms in total. The molecule has 0 spiro atoms. The molecule has 158 valence electrons. The average molecular weight is 410 g/mol. The van der Waals surface area contributed by atoms with Gasteiger partial charge in [-0.15, -0.1) is 10.2 Å². The van der Waals surface area contributed by atoms with Crippen LogP contribution in [-0.4, -0.2) is 57.6 Å². The Morgan fingerprint density at radius 3 is 2.62 bits per heavy atom. The number of nitrogens with one attached hydrogen (secondary N) is 1. The first-order valence-electron chi connectivity index (χ1n) is 9.63. The van der Waals surface area contributed by atoms with Crippen molar-refractivity contribution in [3.05, 3.63) is 35.4 Å². The van der Waals surface area contributed by atoms with Crippen molar-refractivity contribution in [3.8, 4) is 17.0 Å². The van der Waals surface area contributed by atoms with E-state index in [9.17, 15) is 23.4 Å². The Morgan fingerprint density at radius 1 is 1.21 bits per heavy atom. The maximum Gasteiger partial charge on any atom is 0.416 e. The third-order valence-corrected chi connectivity index (χ3v) is 5.22. The van der Waals surface area contributed by atoms with Crippen LogP contribution in [0.25, 0.3) is 11.3 Å². The molecule has 2 heterocycles. The molecule has 0 bridgehead atoms. The Bertz CT molecular complexity index is 802. The quantitative estimate of drug-likeness (QED) is 0.677. The van der Waals surface area contributed by atoms with Gasteiger partial charge in [-0.05, 0) is 56.1 Å². The number of aryl methyl sites for hydroxylation is 1. The van der Waals surface area contributed by atoms with Crippen molar-refractivity contribution < 1.29 is 23.4 Å².